The summed E-state index contributed by atoms with van der Waals surface area (Å²) in [7, 11) is 0. The van der Waals surface area contributed by atoms with Crippen molar-refractivity contribution < 1.29 is 128 Å². The second kappa shape index (κ2) is 26.9. The molecule has 0 spiro atoms. The molecular formula is C46H80O26. The van der Waals surface area contributed by atoms with E-state index >= 15 is 0 Å². The lowest BCUT2D eigenvalue weighted by molar-refractivity contribution is -0.365. The van der Waals surface area contributed by atoms with E-state index < -0.39 is 204 Å². The largest absolute Gasteiger partial charge is 0.462 e. The van der Waals surface area contributed by atoms with Crippen LogP contribution < -0.4 is 0 Å². The van der Waals surface area contributed by atoms with Crippen molar-refractivity contribution in [1.82, 2.24) is 0 Å². The van der Waals surface area contributed by atoms with Crippen LogP contribution in [0.15, 0.2) is 0 Å². The molecule has 0 amide bonds. The first-order chi connectivity index (χ1) is 33.9. The smallest absolute Gasteiger partial charge is 0.308 e. The second-order valence-corrected chi connectivity index (χ2v) is 20.0. The fourth-order valence-electron chi connectivity index (χ4n) is 9.29. The molecule has 0 aromatic carbocycles. The average molecular weight is 1050 g/mol. The molecule has 72 heavy (non-hydrogen) atoms. The summed E-state index contributed by atoms with van der Waals surface area (Å²) in [5.74, 6) is -2.28. The SMILES string of the molecule is CC[C@H](C)[C@H](C[C@H](O)CC(=O)OC1C(O)C(C)OC(C)C1OC1OC(C)C(OC2OCC(O)C(OC3OCC(O)(CO)C3O)C2O)C(O)C1O)OC(=O)C[C@@H](O)C[C@H](OC1OC(CO)C(O)C1O)[C@@H](C)CC. The highest BCUT2D eigenvalue weighted by Crippen LogP contribution is 2.35. The van der Waals surface area contributed by atoms with Crippen LogP contribution in [0.2, 0.25) is 0 Å². The number of carbonyl (C=O) groups is 2. The van der Waals surface area contributed by atoms with Gasteiger partial charge in [-0.25, -0.2) is 0 Å². The van der Waals surface area contributed by atoms with Crippen molar-refractivity contribution in [3.63, 3.8) is 0 Å². The van der Waals surface area contributed by atoms with Crippen LogP contribution in [-0.2, 0) is 61.7 Å². The minimum absolute atomic E-state index is 0.0732. The van der Waals surface area contributed by atoms with Gasteiger partial charge in [0.2, 0.25) is 0 Å². The minimum Gasteiger partial charge on any atom is -0.462 e. The van der Waals surface area contributed by atoms with Crippen molar-refractivity contribution in [2.45, 2.75) is 240 Å². The number of aliphatic hydroxyl groups is 13. The Morgan fingerprint density at radius 1 is 0.611 bits per heavy atom. The molecule has 0 aromatic heterocycles. The maximum absolute atomic E-state index is 13.5. The fraction of sp³-hybridized carbons (Fsp3) is 0.957. The molecule has 420 valence electrons. The monoisotopic (exact) mass is 1050 g/mol. The van der Waals surface area contributed by atoms with Crippen LogP contribution in [0.1, 0.15) is 87.0 Å². The number of hydrogen-bond acceptors (Lipinski definition) is 26. The zero-order chi connectivity index (χ0) is 53.5. The van der Waals surface area contributed by atoms with E-state index in [1.807, 2.05) is 20.8 Å². The molecule has 5 saturated heterocycles. The first-order valence-corrected chi connectivity index (χ1v) is 24.8. The van der Waals surface area contributed by atoms with E-state index in [0.717, 1.165) is 0 Å². The molecule has 5 aliphatic heterocycles. The minimum atomic E-state index is -2.05. The van der Waals surface area contributed by atoms with Gasteiger partial charge in [-0.2, -0.15) is 0 Å². The van der Waals surface area contributed by atoms with Crippen LogP contribution in [-0.4, -0.2) is 258 Å². The third kappa shape index (κ3) is 14.7. The molecule has 13 N–H and O–H groups in total. The Labute approximate surface area is 417 Å². The summed E-state index contributed by atoms with van der Waals surface area (Å²) in [6.07, 6.45) is -33.5. The average Bonchev–Trinajstić information content (AvgIpc) is 3.78. The molecule has 5 heterocycles. The van der Waals surface area contributed by atoms with Crippen LogP contribution in [0.5, 0.6) is 0 Å². The summed E-state index contributed by atoms with van der Waals surface area (Å²) in [4.78, 5) is 26.7. The van der Waals surface area contributed by atoms with E-state index in [9.17, 15) is 76.0 Å². The predicted molar refractivity (Wildman–Crippen MR) is 238 cm³/mol. The molecule has 0 aromatic rings. The summed E-state index contributed by atoms with van der Waals surface area (Å²) in [6, 6.07) is 0. The van der Waals surface area contributed by atoms with Crippen molar-refractivity contribution in [3.05, 3.63) is 0 Å². The zero-order valence-corrected chi connectivity index (χ0v) is 41.7. The maximum atomic E-state index is 13.5. The number of carbonyl (C=O) groups excluding carboxylic acids is 2. The van der Waals surface area contributed by atoms with Gasteiger partial charge in [0.15, 0.2) is 31.3 Å². The number of aliphatic hydroxyl groups excluding tert-OH is 12. The van der Waals surface area contributed by atoms with Gasteiger partial charge < -0.3 is 118 Å². The predicted octanol–water partition coefficient (Wildman–Crippen LogP) is -4.68. The Morgan fingerprint density at radius 2 is 1.18 bits per heavy atom. The topological polar surface area (TPSA) is 399 Å². The fourth-order valence-corrected chi connectivity index (χ4v) is 9.29. The summed E-state index contributed by atoms with van der Waals surface area (Å²) in [5, 5.41) is 138. The van der Waals surface area contributed by atoms with Crippen LogP contribution in [0.4, 0.5) is 0 Å². The molecule has 5 aliphatic rings. The Bertz CT molecular complexity index is 1670. The molecule has 26 heteroatoms. The molecule has 5 fully saturated rings. The molecule has 0 aliphatic carbocycles. The molecular weight excluding hydrogens is 968 g/mol. The van der Waals surface area contributed by atoms with Gasteiger partial charge in [-0.3, -0.25) is 9.59 Å². The molecule has 0 bridgehead atoms. The van der Waals surface area contributed by atoms with Gasteiger partial charge in [0.1, 0.15) is 85.0 Å². The molecule has 0 saturated carbocycles. The van der Waals surface area contributed by atoms with Gasteiger partial charge in [0.05, 0.1) is 75.9 Å². The van der Waals surface area contributed by atoms with E-state index in [1.54, 1.807) is 13.8 Å². The van der Waals surface area contributed by atoms with Gasteiger partial charge in [0, 0.05) is 12.8 Å². The number of esters is 2. The van der Waals surface area contributed by atoms with Crippen molar-refractivity contribution >= 4 is 11.9 Å². The molecule has 27 atom stereocenters. The van der Waals surface area contributed by atoms with Crippen LogP contribution >= 0.6 is 0 Å². The van der Waals surface area contributed by atoms with E-state index in [0.29, 0.717) is 12.8 Å². The standard InChI is InChI=1S/C46H80O26/c1-8-18(3)26(66-29(52)12-24(50)11-27(19(4)9-2)67-44-34(57)32(55)28(14-47)68-44)10-23(49)13-30(53)69-40-31(54)20(5)64-22(7)38(40)71-43-35(58)33(56)37(21(6)65-43)70-42-36(59)39(25(51)15-62-42)72-45-41(60)46(61,16-48)17-63-45/h18-28,31-45,47-51,54-61H,8-17H2,1-7H3/t18-,19-,20?,21?,22?,23-,24-,25?,26-,27-,28?,31?,32?,33?,34?,35?,36?,37?,38?,39?,40?,41?,42?,43?,44?,45?,46?/m0/s1. The summed E-state index contributed by atoms with van der Waals surface area (Å²) in [6.45, 7) is 9.44. The van der Waals surface area contributed by atoms with Crippen LogP contribution in [0.3, 0.4) is 0 Å². The zero-order valence-electron chi connectivity index (χ0n) is 41.7. The normalized spacial score (nSPS) is 43.1. The van der Waals surface area contributed by atoms with Crippen molar-refractivity contribution in [1.29, 1.82) is 0 Å². The lowest BCUT2D eigenvalue weighted by Gasteiger charge is -2.47. The summed E-state index contributed by atoms with van der Waals surface area (Å²) < 4.78 is 62.7. The molecule has 21 unspecified atom stereocenters. The lowest BCUT2D eigenvalue weighted by Crippen LogP contribution is -2.65. The van der Waals surface area contributed by atoms with Gasteiger partial charge in [-0.1, -0.05) is 40.5 Å². The number of ether oxygens (including phenoxy) is 11. The Morgan fingerprint density at radius 3 is 1.78 bits per heavy atom. The Balaban J connectivity index is 1.15. The second-order valence-electron chi connectivity index (χ2n) is 20.0. The first-order valence-electron chi connectivity index (χ1n) is 24.8. The molecule has 26 nitrogen and oxygen atoms in total. The van der Waals surface area contributed by atoms with Gasteiger partial charge >= 0.3 is 11.9 Å². The van der Waals surface area contributed by atoms with Crippen molar-refractivity contribution in [2.75, 3.05) is 26.4 Å². The Kier molecular flexibility index (Phi) is 22.8. The van der Waals surface area contributed by atoms with Crippen LogP contribution in [0.25, 0.3) is 0 Å². The van der Waals surface area contributed by atoms with E-state index in [1.165, 1.54) is 13.8 Å². The highest BCUT2D eigenvalue weighted by Gasteiger charge is 2.55. The van der Waals surface area contributed by atoms with Crippen LogP contribution in [0, 0.1) is 11.8 Å². The molecule has 5 rings (SSSR count). The first kappa shape index (κ1) is 60.9. The van der Waals surface area contributed by atoms with E-state index in [2.05, 4.69) is 0 Å². The van der Waals surface area contributed by atoms with E-state index in [-0.39, 0.29) is 24.7 Å². The quantitative estimate of drug-likeness (QED) is 0.0404. The lowest BCUT2D eigenvalue weighted by atomic mass is 9.94. The third-order valence-corrected chi connectivity index (χ3v) is 14.4. The van der Waals surface area contributed by atoms with Crippen molar-refractivity contribution in [2.24, 2.45) is 11.8 Å². The van der Waals surface area contributed by atoms with E-state index in [4.69, 9.17) is 52.1 Å². The summed E-state index contributed by atoms with van der Waals surface area (Å²) in [5.41, 5.74) is -2.05. The van der Waals surface area contributed by atoms with Crippen molar-refractivity contribution in [3.8, 4) is 0 Å². The maximum Gasteiger partial charge on any atom is 0.308 e. The van der Waals surface area contributed by atoms with Gasteiger partial charge in [-0.15, -0.1) is 0 Å². The summed E-state index contributed by atoms with van der Waals surface area (Å²) >= 11 is 0. The molecule has 0 radical (unpaired) electrons. The van der Waals surface area contributed by atoms with Gasteiger partial charge in [-0.05, 0) is 32.6 Å². The number of hydrogen-bond donors (Lipinski definition) is 13. The highest BCUT2D eigenvalue weighted by atomic mass is 16.8. The Hall–Kier alpha value is -1.94. The third-order valence-electron chi connectivity index (χ3n) is 14.4. The highest BCUT2D eigenvalue weighted by molar-refractivity contribution is 5.71. The number of rotatable bonds is 24. The van der Waals surface area contributed by atoms with Gasteiger partial charge in [0.25, 0.3) is 0 Å².